The van der Waals surface area contributed by atoms with Gasteiger partial charge in [-0.3, -0.25) is 0 Å². The molecule has 0 N–H and O–H groups in total. The van der Waals surface area contributed by atoms with Crippen LogP contribution in [0.2, 0.25) is 0 Å². The van der Waals surface area contributed by atoms with Crippen LogP contribution in [-0.4, -0.2) is 25.0 Å². The molecule has 84 valence electrons. The van der Waals surface area contributed by atoms with E-state index in [1.165, 1.54) is 45.2 Å². The zero-order chi connectivity index (χ0) is 10.7. The van der Waals surface area contributed by atoms with E-state index in [9.17, 15) is 0 Å². The van der Waals surface area contributed by atoms with Crippen LogP contribution in [0.3, 0.4) is 0 Å². The van der Waals surface area contributed by atoms with Gasteiger partial charge in [-0.05, 0) is 58.5 Å². The monoisotopic (exact) mass is 205 g/mol. The standard InChI is InChI=1S/C14H23N/c1-12-5-3-4-6-14(12)8-7-13-9-10-15(2)11-13/h3-4,13H,5-11H2,1-2H3. The number of likely N-dealkylation sites (tertiary alicyclic amines) is 1. The molecule has 15 heavy (non-hydrogen) atoms. The summed E-state index contributed by atoms with van der Waals surface area (Å²) >= 11 is 0. The van der Waals surface area contributed by atoms with Crippen LogP contribution in [0.25, 0.3) is 0 Å². The van der Waals surface area contributed by atoms with E-state index < -0.39 is 0 Å². The van der Waals surface area contributed by atoms with E-state index >= 15 is 0 Å². The van der Waals surface area contributed by atoms with Crippen LogP contribution < -0.4 is 0 Å². The highest BCUT2D eigenvalue weighted by molar-refractivity contribution is 5.22. The van der Waals surface area contributed by atoms with Gasteiger partial charge in [0.25, 0.3) is 0 Å². The van der Waals surface area contributed by atoms with Gasteiger partial charge < -0.3 is 4.90 Å². The zero-order valence-corrected chi connectivity index (χ0v) is 10.1. The van der Waals surface area contributed by atoms with E-state index in [-0.39, 0.29) is 0 Å². The predicted molar refractivity (Wildman–Crippen MR) is 65.9 cm³/mol. The van der Waals surface area contributed by atoms with Crippen molar-refractivity contribution in [2.45, 2.75) is 39.0 Å². The molecule has 0 aromatic rings. The third kappa shape index (κ3) is 2.94. The highest BCUT2D eigenvalue weighted by atomic mass is 15.1. The fourth-order valence-corrected chi connectivity index (χ4v) is 2.76. The maximum Gasteiger partial charge on any atom is 0.000720 e. The summed E-state index contributed by atoms with van der Waals surface area (Å²) in [7, 11) is 2.24. The molecule has 0 aromatic heterocycles. The minimum Gasteiger partial charge on any atom is -0.306 e. The van der Waals surface area contributed by atoms with Gasteiger partial charge in [0.1, 0.15) is 0 Å². The summed E-state index contributed by atoms with van der Waals surface area (Å²) in [6, 6.07) is 0. The molecule has 1 nitrogen and oxygen atoms in total. The number of rotatable bonds is 3. The second-order valence-electron chi connectivity index (χ2n) is 5.22. The van der Waals surface area contributed by atoms with Crippen molar-refractivity contribution < 1.29 is 0 Å². The molecule has 1 heterocycles. The first-order valence-electron chi connectivity index (χ1n) is 6.26. The Morgan fingerprint density at radius 3 is 2.80 bits per heavy atom. The molecule has 2 aliphatic rings. The highest BCUT2D eigenvalue weighted by Gasteiger charge is 2.19. The van der Waals surface area contributed by atoms with Crippen molar-refractivity contribution in [3.05, 3.63) is 23.3 Å². The van der Waals surface area contributed by atoms with Crippen LogP contribution in [0.15, 0.2) is 23.3 Å². The second kappa shape index (κ2) is 4.98. The largest absolute Gasteiger partial charge is 0.306 e. The van der Waals surface area contributed by atoms with Crippen molar-refractivity contribution in [3.63, 3.8) is 0 Å². The first kappa shape index (κ1) is 10.9. The Bertz CT molecular complexity index is 275. The first-order valence-corrected chi connectivity index (χ1v) is 6.26. The summed E-state index contributed by atoms with van der Waals surface area (Å²) in [5.41, 5.74) is 3.34. The van der Waals surface area contributed by atoms with Gasteiger partial charge in [0.2, 0.25) is 0 Å². The molecule has 1 fully saturated rings. The fraction of sp³-hybridized carbons (Fsp3) is 0.714. The number of hydrogen-bond acceptors (Lipinski definition) is 1. The maximum atomic E-state index is 2.46. The molecule has 0 radical (unpaired) electrons. The first-order chi connectivity index (χ1) is 7.25. The molecule has 0 aromatic carbocycles. The lowest BCUT2D eigenvalue weighted by atomic mass is 9.91. The van der Waals surface area contributed by atoms with Crippen LogP contribution in [0.1, 0.15) is 39.0 Å². The Balaban J connectivity index is 1.78. The molecule has 2 rings (SSSR count). The second-order valence-corrected chi connectivity index (χ2v) is 5.22. The molecule has 0 bridgehead atoms. The number of nitrogens with zero attached hydrogens (tertiary/aromatic N) is 1. The average molecular weight is 205 g/mol. The van der Waals surface area contributed by atoms with E-state index in [4.69, 9.17) is 0 Å². The van der Waals surface area contributed by atoms with E-state index in [1.807, 2.05) is 0 Å². The minimum absolute atomic E-state index is 0.959. The SMILES string of the molecule is CC1=C(CCC2CCN(C)C2)CC=CC1. The Morgan fingerprint density at radius 1 is 1.33 bits per heavy atom. The summed E-state index contributed by atoms with van der Waals surface area (Å²) < 4.78 is 0. The summed E-state index contributed by atoms with van der Waals surface area (Å²) in [6.45, 7) is 4.93. The van der Waals surface area contributed by atoms with Crippen molar-refractivity contribution in [2.24, 2.45) is 5.92 Å². The molecule has 1 atom stereocenters. The van der Waals surface area contributed by atoms with Crippen LogP contribution >= 0.6 is 0 Å². The Kier molecular flexibility index (Phi) is 3.63. The molecule has 0 saturated carbocycles. The Morgan fingerprint density at radius 2 is 2.13 bits per heavy atom. The molecular weight excluding hydrogens is 182 g/mol. The smallest absolute Gasteiger partial charge is 0.000720 e. The van der Waals surface area contributed by atoms with E-state index in [0.717, 1.165) is 5.92 Å². The molecule has 1 heteroatoms. The van der Waals surface area contributed by atoms with Crippen LogP contribution in [0.5, 0.6) is 0 Å². The third-order valence-corrected chi connectivity index (χ3v) is 3.90. The molecule has 1 saturated heterocycles. The average Bonchev–Trinajstić information content (AvgIpc) is 2.63. The van der Waals surface area contributed by atoms with Gasteiger partial charge in [-0.2, -0.15) is 0 Å². The summed E-state index contributed by atoms with van der Waals surface area (Å²) in [4.78, 5) is 2.46. The molecular formula is C14H23N. The van der Waals surface area contributed by atoms with Gasteiger partial charge in [0.05, 0.1) is 0 Å². The van der Waals surface area contributed by atoms with Crippen LogP contribution in [0, 0.1) is 5.92 Å². The predicted octanol–water partition coefficient (Wildman–Crippen LogP) is 3.38. The molecule has 1 unspecified atom stereocenters. The van der Waals surface area contributed by atoms with Crippen molar-refractivity contribution in [2.75, 3.05) is 20.1 Å². The van der Waals surface area contributed by atoms with E-state index in [2.05, 4.69) is 31.0 Å². The van der Waals surface area contributed by atoms with Gasteiger partial charge in [0, 0.05) is 6.54 Å². The van der Waals surface area contributed by atoms with Crippen molar-refractivity contribution in [1.82, 2.24) is 4.90 Å². The van der Waals surface area contributed by atoms with Crippen molar-refractivity contribution >= 4 is 0 Å². The molecule has 1 aliphatic heterocycles. The van der Waals surface area contributed by atoms with E-state index in [1.54, 1.807) is 11.1 Å². The van der Waals surface area contributed by atoms with Crippen LogP contribution in [0.4, 0.5) is 0 Å². The quantitative estimate of drug-likeness (QED) is 0.638. The minimum atomic E-state index is 0.959. The summed E-state index contributed by atoms with van der Waals surface area (Å²) in [5.74, 6) is 0.959. The molecule has 0 amide bonds. The lowest BCUT2D eigenvalue weighted by Gasteiger charge is -2.16. The lowest BCUT2D eigenvalue weighted by Crippen LogP contribution is -2.14. The van der Waals surface area contributed by atoms with Crippen molar-refractivity contribution in [3.8, 4) is 0 Å². The Labute approximate surface area is 93.9 Å². The fourth-order valence-electron chi connectivity index (χ4n) is 2.76. The van der Waals surface area contributed by atoms with Gasteiger partial charge >= 0.3 is 0 Å². The Hall–Kier alpha value is -0.560. The van der Waals surface area contributed by atoms with E-state index in [0.29, 0.717) is 0 Å². The number of allylic oxidation sites excluding steroid dienone is 4. The summed E-state index contributed by atoms with van der Waals surface area (Å²) in [6.07, 6.45) is 11.2. The third-order valence-electron chi connectivity index (χ3n) is 3.90. The highest BCUT2D eigenvalue weighted by Crippen LogP contribution is 2.27. The summed E-state index contributed by atoms with van der Waals surface area (Å²) in [5, 5.41) is 0. The zero-order valence-electron chi connectivity index (χ0n) is 10.1. The topological polar surface area (TPSA) is 3.24 Å². The number of hydrogen-bond donors (Lipinski definition) is 0. The lowest BCUT2D eigenvalue weighted by molar-refractivity contribution is 0.387. The van der Waals surface area contributed by atoms with Gasteiger partial charge in [-0.1, -0.05) is 23.3 Å². The maximum absolute atomic E-state index is 2.46. The van der Waals surface area contributed by atoms with Gasteiger partial charge in [-0.15, -0.1) is 0 Å². The normalized spacial score (nSPS) is 27.7. The molecule has 1 aliphatic carbocycles. The van der Waals surface area contributed by atoms with Gasteiger partial charge in [-0.25, -0.2) is 0 Å². The van der Waals surface area contributed by atoms with Gasteiger partial charge in [0.15, 0.2) is 0 Å². The molecule has 0 spiro atoms. The van der Waals surface area contributed by atoms with Crippen LogP contribution in [-0.2, 0) is 0 Å². The van der Waals surface area contributed by atoms with Crippen molar-refractivity contribution in [1.29, 1.82) is 0 Å².